The van der Waals surface area contributed by atoms with Gasteiger partial charge in [-0.3, -0.25) is 4.79 Å². The lowest BCUT2D eigenvalue weighted by molar-refractivity contribution is 0.102. The van der Waals surface area contributed by atoms with Crippen LogP contribution in [-0.2, 0) is 4.74 Å². The lowest BCUT2D eigenvalue weighted by atomic mass is 10.2. The van der Waals surface area contributed by atoms with E-state index in [0.717, 1.165) is 11.5 Å². The number of carbonyl (C=O) groups is 1. The molecule has 1 N–H and O–H groups in total. The summed E-state index contributed by atoms with van der Waals surface area (Å²) in [4.78, 5) is 12.7. The van der Waals surface area contributed by atoms with Crippen LogP contribution >= 0.6 is 0 Å². The quantitative estimate of drug-likeness (QED) is 0.425. The molecule has 6 nitrogen and oxygen atoms in total. The van der Waals surface area contributed by atoms with E-state index in [4.69, 9.17) is 18.9 Å². The molecule has 0 bridgehead atoms. The van der Waals surface area contributed by atoms with Gasteiger partial charge in [0.25, 0.3) is 5.91 Å². The monoisotopic (exact) mass is 421 g/mol. The molecule has 0 unspecified atom stereocenters. The number of amides is 1. The number of anilines is 1. The van der Waals surface area contributed by atoms with Gasteiger partial charge in [-0.2, -0.15) is 0 Å². The molecule has 0 spiro atoms. The van der Waals surface area contributed by atoms with E-state index < -0.39 is 0 Å². The second kappa shape index (κ2) is 12.2. The van der Waals surface area contributed by atoms with Gasteiger partial charge in [-0.1, -0.05) is 30.3 Å². The molecule has 3 aromatic carbocycles. The highest BCUT2D eigenvalue weighted by atomic mass is 16.5. The van der Waals surface area contributed by atoms with Crippen molar-refractivity contribution in [2.24, 2.45) is 0 Å². The van der Waals surface area contributed by atoms with E-state index in [1.807, 2.05) is 55.5 Å². The molecule has 0 aliphatic heterocycles. The molecule has 0 aliphatic carbocycles. The first kappa shape index (κ1) is 22.2. The van der Waals surface area contributed by atoms with Crippen LogP contribution in [0.4, 0.5) is 5.69 Å². The summed E-state index contributed by atoms with van der Waals surface area (Å²) < 4.78 is 22.3. The zero-order chi connectivity index (χ0) is 21.7. The molecule has 0 saturated carbocycles. The molecular formula is C25H27NO5. The van der Waals surface area contributed by atoms with Gasteiger partial charge >= 0.3 is 0 Å². The van der Waals surface area contributed by atoms with Crippen molar-refractivity contribution in [1.82, 2.24) is 0 Å². The number of para-hydroxylation sites is 2. The minimum atomic E-state index is -0.246. The van der Waals surface area contributed by atoms with Crippen molar-refractivity contribution >= 4 is 11.6 Å². The third kappa shape index (κ3) is 7.35. The SMILES string of the molecule is CCOCCOc1ccc(NC(=O)c2ccccc2OCCOc2ccccc2)cc1. The van der Waals surface area contributed by atoms with E-state index in [1.54, 1.807) is 30.3 Å². The van der Waals surface area contributed by atoms with Gasteiger partial charge in [-0.15, -0.1) is 0 Å². The number of hydrogen-bond donors (Lipinski definition) is 1. The number of nitrogens with one attached hydrogen (secondary N) is 1. The van der Waals surface area contributed by atoms with Crippen LogP contribution in [0, 0.1) is 0 Å². The average Bonchev–Trinajstić information content (AvgIpc) is 2.81. The summed E-state index contributed by atoms with van der Waals surface area (Å²) in [6.45, 7) is 4.34. The first-order valence-corrected chi connectivity index (χ1v) is 10.3. The molecule has 0 aliphatic rings. The lowest BCUT2D eigenvalue weighted by Gasteiger charge is -2.13. The van der Waals surface area contributed by atoms with E-state index >= 15 is 0 Å². The van der Waals surface area contributed by atoms with Crippen molar-refractivity contribution in [3.05, 3.63) is 84.4 Å². The Morgan fingerprint density at radius 1 is 0.710 bits per heavy atom. The summed E-state index contributed by atoms with van der Waals surface area (Å²) in [5.41, 5.74) is 1.13. The number of hydrogen-bond acceptors (Lipinski definition) is 5. The number of ether oxygens (including phenoxy) is 4. The largest absolute Gasteiger partial charge is 0.491 e. The highest BCUT2D eigenvalue weighted by molar-refractivity contribution is 6.06. The topological polar surface area (TPSA) is 66.0 Å². The second-order valence-corrected chi connectivity index (χ2v) is 6.53. The van der Waals surface area contributed by atoms with Crippen molar-refractivity contribution in [2.45, 2.75) is 6.92 Å². The highest BCUT2D eigenvalue weighted by Crippen LogP contribution is 2.21. The van der Waals surface area contributed by atoms with Crippen molar-refractivity contribution in [2.75, 3.05) is 38.4 Å². The molecule has 0 fully saturated rings. The van der Waals surface area contributed by atoms with Crippen molar-refractivity contribution < 1.29 is 23.7 Å². The zero-order valence-electron chi connectivity index (χ0n) is 17.6. The lowest BCUT2D eigenvalue weighted by Crippen LogP contribution is -2.15. The third-order valence-corrected chi connectivity index (χ3v) is 4.30. The smallest absolute Gasteiger partial charge is 0.259 e. The molecule has 0 saturated heterocycles. The molecular weight excluding hydrogens is 394 g/mol. The molecule has 3 rings (SSSR count). The summed E-state index contributed by atoms with van der Waals surface area (Å²) in [5, 5.41) is 2.89. The van der Waals surface area contributed by atoms with Gasteiger partial charge in [0.15, 0.2) is 0 Å². The molecule has 0 aromatic heterocycles. The summed E-state index contributed by atoms with van der Waals surface area (Å²) in [6, 6.07) is 23.9. The van der Waals surface area contributed by atoms with Gasteiger partial charge in [0.1, 0.15) is 37.1 Å². The second-order valence-electron chi connectivity index (χ2n) is 6.53. The van der Waals surface area contributed by atoms with Crippen LogP contribution in [0.25, 0.3) is 0 Å². The zero-order valence-corrected chi connectivity index (χ0v) is 17.6. The van der Waals surface area contributed by atoms with Crippen molar-refractivity contribution in [3.8, 4) is 17.2 Å². The fraction of sp³-hybridized carbons (Fsp3) is 0.240. The minimum absolute atomic E-state index is 0.246. The van der Waals surface area contributed by atoms with Gasteiger partial charge in [-0.05, 0) is 55.5 Å². The summed E-state index contributed by atoms with van der Waals surface area (Å²) >= 11 is 0. The standard InChI is InChI=1S/C25H27NO5/c1-2-28-16-17-29-22-14-12-20(13-15-22)26-25(27)23-10-6-7-11-24(23)31-19-18-30-21-8-4-3-5-9-21/h3-15H,2,16-19H2,1H3,(H,26,27). The maximum Gasteiger partial charge on any atom is 0.259 e. The predicted octanol–water partition coefficient (Wildman–Crippen LogP) is 4.81. The highest BCUT2D eigenvalue weighted by Gasteiger charge is 2.12. The summed E-state index contributed by atoms with van der Waals surface area (Å²) in [5.74, 6) is 1.76. The number of carbonyl (C=O) groups excluding carboxylic acids is 1. The first-order valence-electron chi connectivity index (χ1n) is 10.3. The minimum Gasteiger partial charge on any atom is -0.491 e. The Hall–Kier alpha value is -3.51. The number of benzene rings is 3. The molecule has 0 radical (unpaired) electrons. The molecule has 0 atom stereocenters. The molecule has 6 heteroatoms. The normalized spacial score (nSPS) is 10.4. The van der Waals surface area contributed by atoms with Crippen LogP contribution in [0.2, 0.25) is 0 Å². The predicted molar refractivity (Wildman–Crippen MR) is 120 cm³/mol. The van der Waals surface area contributed by atoms with E-state index in [9.17, 15) is 4.79 Å². The Morgan fingerprint density at radius 3 is 2.06 bits per heavy atom. The maximum atomic E-state index is 12.7. The van der Waals surface area contributed by atoms with Crippen LogP contribution in [0.3, 0.4) is 0 Å². The fourth-order valence-electron chi connectivity index (χ4n) is 2.80. The fourth-order valence-corrected chi connectivity index (χ4v) is 2.80. The average molecular weight is 421 g/mol. The van der Waals surface area contributed by atoms with E-state index in [2.05, 4.69) is 5.32 Å². The molecule has 31 heavy (non-hydrogen) atoms. The maximum absolute atomic E-state index is 12.7. The van der Waals surface area contributed by atoms with Crippen LogP contribution < -0.4 is 19.5 Å². The molecule has 162 valence electrons. The number of rotatable bonds is 12. The van der Waals surface area contributed by atoms with Gasteiger partial charge in [0.05, 0.1) is 12.2 Å². The van der Waals surface area contributed by atoms with E-state index in [-0.39, 0.29) is 5.91 Å². The van der Waals surface area contributed by atoms with Crippen molar-refractivity contribution in [1.29, 1.82) is 0 Å². The Labute approximate surface area is 182 Å². The van der Waals surface area contributed by atoms with Gasteiger partial charge < -0.3 is 24.3 Å². The summed E-state index contributed by atoms with van der Waals surface area (Å²) in [6.07, 6.45) is 0. The van der Waals surface area contributed by atoms with Crippen LogP contribution in [-0.4, -0.2) is 38.9 Å². The summed E-state index contributed by atoms with van der Waals surface area (Å²) in [7, 11) is 0. The van der Waals surface area contributed by atoms with E-state index in [1.165, 1.54) is 0 Å². The van der Waals surface area contributed by atoms with Crippen LogP contribution in [0.15, 0.2) is 78.9 Å². The first-order chi connectivity index (χ1) is 15.3. The Bertz CT molecular complexity index is 928. The van der Waals surface area contributed by atoms with Gasteiger partial charge in [0, 0.05) is 12.3 Å². The molecule has 0 heterocycles. The Balaban J connectivity index is 1.51. The molecule has 1 amide bonds. The Morgan fingerprint density at radius 2 is 1.32 bits per heavy atom. The van der Waals surface area contributed by atoms with Crippen LogP contribution in [0.1, 0.15) is 17.3 Å². The van der Waals surface area contributed by atoms with E-state index in [0.29, 0.717) is 50.0 Å². The Kier molecular flexibility index (Phi) is 8.76. The van der Waals surface area contributed by atoms with Crippen LogP contribution in [0.5, 0.6) is 17.2 Å². The van der Waals surface area contributed by atoms with Gasteiger partial charge in [-0.25, -0.2) is 0 Å². The molecule has 3 aromatic rings. The van der Waals surface area contributed by atoms with Gasteiger partial charge in [0.2, 0.25) is 0 Å². The third-order valence-electron chi connectivity index (χ3n) is 4.30. The van der Waals surface area contributed by atoms with Crippen molar-refractivity contribution in [3.63, 3.8) is 0 Å².